The summed E-state index contributed by atoms with van der Waals surface area (Å²) in [4.78, 5) is 4.24. The number of halogens is 2. The highest BCUT2D eigenvalue weighted by atomic mass is 19.2. The van der Waals surface area contributed by atoms with Crippen LogP contribution in [0.2, 0.25) is 0 Å². The minimum absolute atomic E-state index is 0.386. The Labute approximate surface area is 120 Å². The van der Waals surface area contributed by atoms with E-state index in [1.54, 1.807) is 23.6 Å². The maximum absolute atomic E-state index is 13.5. The van der Waals surface area contributed by atoms with Crippen LogP contribution in [0.1, 0.15) is 17.0 Å². The van der Waals surface area contributed by atoms with E-state index >= 15 is 0 Å². The number of nitrogens with zero attached hydrogens (tertiary/aromatic N) is 3. The van der Waals surface area contributed by atoms with Crippen LogP contribution in [0.25, 0.3) is 11.0 Å². The fraction of sp³-hybridized carbons (Fsp3) is 0.125. The fourth-order valence-electron chi connectivity index (χ4n) is 2.38. The first-order valence-corrected chi connectivity index (χ1v) is 6.40. The summed E-state index contributed by atoms with van der Waals surface area (Å²) in [7, 11) is 0. The number of nitriles is 1. The second-order valence-electron chi connectivity index (χ2n) is 4.77. The average Bonchev–Trinajstić information content (AvgIpc) is 2.76. The quantitative estimate of drug-likeness (QED) is 0.721. The molecule has 0 N–H and O–H groups in total. The topological polar surface area (TPSA) is 41.6 Å². The molecule has 1 aromatic heterocycles. The third kappa shape index (κ3) is 2.25. The molecule has 0 aliphatic heterocycles. The van der Waals surface area contributed by atoms with Gasteiger partial charge in [0.05, 0.1) is 29.2 Å². The minimum atomic E-state index is -0.912. The minimum Gasteiger partial charge on any atom is -0.324 e. The van der Waals surface area contributed by atoms with Crippen molar-refractivity contribution in [2.24, 2.45) is 0 Å². The first-order chi connectivity index (χ1) is 10.1. The second-order valence-corrected chi connectivity index (χ2v) is 4.77. The zero-order chi connectivity index (χ0) is 15.0. The molecule has 0 bridgehead atoms. The highest BCUT2D eigenvalue weighted by Crippen LogP contribution is 2.21. The number of rotatable bonds is 2. The van der Waals surface area contributed by atoms with Gasteiger partial charge in [-0.05, 0) is 18.6 Å². The van der Waals surface area contributed by atoms with Crippen LogP contribution in [0.3, 0.4) is 0 Å². The highest BCUT2D eigenvalue weighted by Gasteiger charge is 2.13. The Hall–Kier alpha value is -2.74. The van der Waals surface area contributed by atoms with Crippen molar-refractivity contribution in [3.05, 3.63) is 65.0 Å². The molecule has 0 aliphatic carbocycles. The molecule has 0 amide bonds. The molecule has 0 atom stereocenters. The highest BCUT2D eigenvalue weighted by molar-refractivity contribution is 5.76. The molecule has 0 radical (unpaired) electrons. The van der Waals surface area contributed by atoms with E-state index in [9.17, 15) is 8.78 Å². The summed E-state index contributed by atoms with van der Waals surface area (Å²) >= 11 is 0. The lowest BCUT2D eigenvalue weighted by molar-refractivity contribution is 0.510. The molecule has 0 spiro atoms. The van der Waals surface area contributed by atoms with Crippen LogP contribution in [-0.4, -0.2) is 9.55 Å². The molecule has 0 aliphatic rings. The summed E-state index contributed by atoms with van der Waals surface area (Å²) in [6.07, 6.45) is 0. The van der Waals surface area contributed by atoms with Crippen molar-refractivity contribution >= 4 is 11.0 Å². The molecule has 5 heteroatoms. The molecule has 21 heavy (non-hydrogen) atoms. The normalized spacial score (nSPS) is 10.8. The summed E-state index contributed by atoms with van der Waals surface area (Å²) in [5.74, 6) is -1.18. The lowest BCUT2D eigenvalue weighted by Crippen LogP contribution is -2.04. The van der Waals surface area contributed by atoms with Crippen LogP contribution in [0.15, 0.2) is 36.4 Å². The number of fused-ring (bicyclic) bond motifs is 1. The Balaban J connectivity index is 2.15. The van der Waals surface area contributed by atoms with Gasteiger partial charge >= 0.3 is 0 Å². The first-order valence-electron chi connectivity index (χ1n) is 6.40. The van der Waals surface area contributed by atoms with E-state index in [2.05, 4.69) is 11.1 Å². The van der Waals surface area contributed by atoms with Crippen LogP contribution < -0.4 is 0 Å². The Morgan fingerprint density at radius 1 is 1.19 bits per heavy atom. The van der Waals surface area contributed by atoms with Crippen LogP contribution >= 0.6 is 0 Å². The SMILES string of the molecule is Cc1nc2cc(F)c(F)cc2n1Cc1ccccc1C#N. The van der Waals surface area contributed by atoms with Crippen LogP contribution in [0.4, 0.5) is 8.78 Å². The molecular formula is C16H11F2N3. The van der Waals surface area contributed by atoms with Crippen molar-refractivity contribution in [3.63, 3.8) is 0 Å². The zero-order valence-corrected chi connectivity index (χ0v) is 11.3. The number of hydrogen-bond acceptors (Lipinski definition) is 2. The smallest absolute Gasteiger partial charge is 0.161 e. The summed E-state index contributed by atoms with van der Waals surface area (Å²) in [5, 5.41) is 9.13. The third-order valence-corrected chi connectivity index (χ3v) is 3.45. The third-order valence-electron chi connectivity index (χ3n) is 3.45. The molecule has 0 saturated heterocycles. The number of imidazole rings is 1. The van der Waals surface area contributed by atoms with Crippen LogP contribution in [0.5, 0.6) is 0 Å². The summed E-state index contributed by atoms with van der Waals surface area (Å²) < 4.78 is 28.5. The monoisotopic (exact) mass is 283 g/mol. The van der Waals surface area contributed by atoms with Gasteiger partial charge < -0.3 is 4.57 Å². The number of hydrogen-bond donors (Lipinski definition) is 0. The van der Waals surface area contributed by atoms with Crippen molar-refractivity contribution in [2.75, 3.05) is 0 Å². The molecular weight excluding hydrogens is 272 g/mol. The van der Waals surface area contributed by atoms with Gasteiger partial charge in [0, 0.05) is 12.1 Å². The van der Waals surface area contributed by atoms with E-state index in [-0.39, 0.29) is 0 Å². The van der Waals surface area contributed by atoms with E-state index in [0.717, 1.165) is 17.7 Å². The van der Waals surface area contributed by atoms with E-state index < -0.39 is 11.6 Å². The van der Waals surface area contributed by atoms with E-state index in [4.69, 9.17) is 5.26 Å². The van der Waals surface area contributed by atoms with E-state index in [1.165, 1.54) is 0 Å². The van der Waals surface area contributed by atoms with Gasteiger partial charge in [-0.3, -0.25) is 0 Å². The van der Waals surface area contributed by atoms with Gasteiger partial charge in [-0.2, -0.15) is 5.26 Å². The van der Waals surface area contributed by atoms with Crippen molar-refractivity contribution in [1.82, 2.24) is 9.55 Å². The molecule has 3 aromatic rings. The second kappa shape index (κ2) is 4.98. The lowest BCUT2D eigenvalue weighted by atomic mass is 10.1. The summed E-state index contributed by atoms with van der Waals surface area (Å²) in [6.45, 7) is 2.15. The molecule has 0 unspecified atom stereocenters. The fourth-order valence-corrected chi connectivity index (χ4v) is 2.38. The van der Waals surface area contributed by atoms with E-state index in [1.807, 2.05) is 12.1 Å². The van der Waals surface area contributed by atoms with Crippen molar-refractivity contribution < 1.29 is 8.78 Å². The number of aryl methyl sites for hydroxylation is 1. The van der Waals surface area contributed by atoms with Crippen molar-refractivity contribution in [1.29, 1.82) is 5.26 Å². The maximum Gasteiger partial charge on any atom is 0.161 e. The molecule has 104 valence electrons. The first kappa shape index (κ1) is 13.3. The Morgan fingerprint density at radius 2 is 1.90 bits per heavy atom. The predicted octanol–water partition coefficient (Wildman–Crippen LogP) is 3.54. The van der Waals surface area contributed by atoms with Crippen molar-refractivity contribution in [3.8, 4) is 6.07 Å². The number of benzene rings is 2. The Bertz CT molecular complexity index is 875. The molecule has 3 rings (SSSR count). The Kier molecular flexibility index (Phi) is 3.15. The number of aromatic nitrogens is 2. The molecule has 1 heterocycles. The summed E-state index contributed by atoms with van der Waals surface area (Å²) in [6, 6.07) is 11.5. The van der Waals surface area contributed by atoms with Crippen LogP contribution in [0, 0.1) is 29.9 Å². The molecule has 2 aromatic carbocycles. The molecule has 0 saturated carbocycles. The molecule has 3 nitrogen and oxygen atoms in total. The van der Waals surface area contributed by atoms with Gasteiger partial charge in [-0.15, -0.1) is 0 Å². The zero-order valence-electron chi connectivity index (χ0n) is 11.3. The largest absolute Gasteiger partial charge is 0.324 e. The predicted molar refractivity (Wildman–Crippen MR) is 74.6 cm³/mol. The maximum atomic E-state index is 13.5. The van der Waals surface area contributed by atoms with Gasteiger partial charge in [0.25, 0.3) is 0 Å². The summed E-state index contributed by atoms with van der Waals surface area (Å²) in [5.41, 5.74) is 2.29. The van der Waals surface area contributed by atoms with Crippen molar-refractivity contribution in [2.45, 2.75) is 13.5 Å². The Morgan fingerprint density at radius 3 is 2.67 bits per heavy atom. The van der Waals surface area contributed by atoms with Gasteiger partial charge in [-0.1, -0.05) is 18.2 Å². The van der Waals surface area contributed by atoms with Gasteiger partial charge in [0.1, 0.15) is 5.82 Å². The van der Waals surface area contributed by atoms with Gasteiger partial charge in [0.2, 0.25) is 0 Å². The molecule has 0 fully saturated rings. The average molecular weight is 283 g/mol. The van der Waals surface area contributed by atoms with E-state index in [0.29, 0.717) is 29.0 Å². The standard InChI is InChI=1S/C16H11F2N3/c1-10-20-15-6-13(17)14(18)7-16(15)21(10)9-12-5-3-2-4-11(12)8-19/h2-7H,9H2,1H3. The van der Waals surface area contributed by atoms with Gasteiger partial charge in [0.15, 0.2) is 11.6 Å². The van der Waals surface area contributed by atoms with Gasteiger partial charge in [-0.25, -0.2) is 13.8 Å². The lowest BCUT2D eigenvalue weighted by Gasteiger charge is -2.08. The van der Waals surface area contributed by atoms with Crippen LogP contribution in [-0.2, 0) is 6.54 Å².